The van der Waals surface area contributed by atoms with Crippen LogP contribution in [-0.4, -0.2) is 13.5 Å². The smallest absolute Gasteiger partial charge is 0.261 e. The molecule has 0 atom stereocenters. The fraction of sp³-hybridized carbons (Fsp3) is 0.0500. The molecular weight excluding hydrogens is 414 g/mol. The number of anilines is 3. The van der Waals surface area contributed by atoms with E-state index in [-0.39, 0.29) is 4.90 Å². The molecule has 0 aliphatic rings. The first-order chi connectivity index (χ1) is 13.3. The lowest BCUT2D eigenvalue weighted by Crippen LogP contribution is -2.19. The summed E-state index contributed by atoms with van der Waals surface area (Å²) in [6, 6.07) is 20.6. The fourth-order valence-corrected chi connectivity index (χ4v) is 3.89. The number of hydrogen-bond donors (Lipinski definition) is 3. The summed E-state index contributed by atoms with van der Waals surface area (Å²) in [4.78, 5) is 0.144. The lowest BCUT2D eigenvalue weighted by atomic mass is 10.2. The predicted octanol–water partition coefficient (Wildman–Crippen LogP) is 5.26. The molecule has 0 radical (unpaired) electrons. The molecule has 0 unspecified atom stereocenters. The predicted molar refractivity (Wildman–Crippen MR) is 120 cm³/mol. The number of sulfonamides is 1. The molecule has 0 saturated heterocycles. The normalized spacial score (nSPS) is 10.9. The molecule has 0 amide bonds. The van der Waals surface area contributed by atoms with Crippen molar-refractivity contribution in [3.05, 3.63) is 83.4 Å². The van der Waals surface area contributed by atoms with Crippen molar-refractivity contribution in [3.8, 4) is 0 Å². The van der Waals surface area contributed by atoms with Gasteiger partial charge in [0.25, 0.3) is 10.0 Å². The van der Waals surface area contributed by atoms with E-state index in [2.05, 4.69) is 15.4 Å². The second-order valence-electron chi connectivity index (χ2n) is 6.09. The van der Waals surface area contributed by atoms with Crippen LogP contribution >= 0.6 is 23.8 Å². The molecule has 0 spiro atoms. The second-order valence-corrected chi connectivity index (χ2v) is 8.61. The molecule has 3 rings (SSSR count). The van der Waals surface area contributed by atoms with Crippen LogP contribution < -0.4 is 15.4 Å². The van der Waals surface area contributed by atoms with Gasteiger partial charge in [0.1, 0.15) is 0 Å². The van der Waals surface area contributed by atoms with E-state index in [1.54, 1.807) is 36.4 Å². The van der Waals surface area contributed by atoms with Crippen LogP contribution in [0.15, 0.2) is 77.7 Å². The highest BCUT2D eigenvalue weighted by Crippen LogP contribution is 2.20. The maximum absolute atomic E-state index is 12.5. The Labute approximate surface area is 174 Å². The number of nitrogens with one attached hydrogen (secondary N) is 3. The Morgan fingerprint density at radius 2 is 1.46 bits per heavy atom. The number of aryl methyl sites for hydroxylation is 1. The van der Waals surface area contributed by atoms with Gasteiger partial charge >= 0.3 is 0 Å². The molecule has 3 aromatic rings. The van der Waals surface area contributed by atoms with E-state index < -0.39 is 10.0 Å². The topological polar surface area (TPSA) is 70.2 Å². The third-order valence-corrected chi connectivity index (χ3v) is 5.65. The highest BCUT2D eigenvalue weighted by molar-refractivity contribution is 7.92. The van der Waals surface area contributed by atoms with Gasteiger partial charge in [0.2, 0.25) is 0 Å². The molecule has 0 bridgehead atoms. The minimum Gasteiger partial charge on any atom is -0.332 e. The van der Waals surface area contributed by atoms with Gasteiger partial charge in [-0.25, -0.2) is 8.42 Å². The second kappa shape index (κ2) is 8.60. The van der Waals surface area contributed by atoms with E-state index in [4.69, 9.17) is 23.8 Å². The van der Waals surface area contributed by atoms with E-state index in [0.29, 0.717) is 21.5 Å². The van der Waals surface area contributed by atoms with Gasteiger partial charge in [-0.3, -0.25) is 4.72 Å². The van der Waals surface area contributed by atoms with Crippen LogP contribution in [0.2, 0.25) is 5.02 Å². The van der Waals surface area contributed by atoms with Crippen molar-refractivity contribution in [2.75, 3.05) is 15.4 Å². The Bertz CT molecular complexity index is 1080. The number of hydrogen-bond acceptors (Lipinski definition) is 3. The van der Waals surface area contributed by atoms with Crippen LogP contribution in [-0.2, 0) is 10.0 Å². The largest absolute Gasteiger partial charge is 0.332 e. The van der Waals surface area contributed by atoms with Gasteiger partial charge < -0.3 is 10.6 Å². The Balaban J connectivity index is 1.65. The molecule has 3 aromatic carbocycles. The molecule has 0 heterocycles. The summed E-state index contributed by atoms with van der Waals surface area (Å²) in [6.45, 7) is 2.00. The number of halogens is 1. The zero-order valence-electron chi connectivity index (χ0n) is 14.9. The van der Waals surface area contributed by atoms with Crippen LogP contribution in [0.3, 0.4) is 0 Å². The average Bonchev–Trinajstić information content (AvgIpc) is 2.64. The van der Waals surface area contributed by atoms with Gasteiger partial charge in [-0.2, -0.15) is 0 Å². The van der Waals surface area contributed by atoms with Crippen molar-refractivity contribution >= 4 is 56.0 Å². The zero-order valence-corrected chi connectivity index (χ0v) is 17.3. The molecule has 0 fully saturated rings. The van der Waals surface area contributed by atoms with E-state index in [0.717, 1.165) is 11.3 Å². The first kappa shape index (κ1) is 20.1. The maximum Gasteiger partial charge on any atom is 0.261 e. The van der Waals surface area contributed by atoms with Gasteiger partial charge in [0.15, 0.2) is 5.11 Å². The third-order valence-electron chi connectivity index (χ3n) is 3.79. The SMILES string of the molecule is Cc1cccc(NC(=S)Nc2ccc(S(=O)(=O)Nc3ccc(Cl)cc3)cc2)c1. The summed E-state index contributed by atoms with van der Waals surface area (Å²) in [5.74, 6) is 0. The van der Waals surface area contributed by atoms with Gasteiger partial charge in [-0.1, -0.05) is 23.7 Å². The lowest BCUT2D eigenvalue weighted by Gasteiger charge is -2.12. The van der Waals surface area contributed by atoms with Crippen molar-refractivity contribution in [1.82, 2.24) is 0 Å². The molecule has 28 heavy (non-hydrogen) atoms. The summed E-state index contributed by atoms with van der Waals surface area (Å²) in [6.07, 6.45) is 0. The molecule has 5 nitrogen and oxygen atoms in total. The molecule has 0 aliphatic heterocycles. The monoisotopic (exact) mass is 431 g/mol. The van der Waals surface area contributed by atoms with Gasteiger partial charge in [-0.05, 0) is 85.4 Å². The quantitative estimate of drug-likeness (QED) is 0.481. The first-order valence-corrected chi connectivity index (χ1v) is 10.6. The van der Waals surface area contributed by atoms with Crippen molar-refractivity contribution in [3.63, 3.8) is 0 Å². The standard InChI is InChI=1S/C20H18ClN3O2S2/c1-14-3-2-4-18(13-14)23-20(27)22-16-9-11-19(12-10-16)28(25,26)24-17-7-5-15(21)6-8-17/h2-13,24H,1H3,(H2,22,23,27). The highest BCUT2D eigenvalue weighted by atomic mass is 35.5. The van der Waals surface area contributed by atoms with Crippen molar-refractivity contribution < 1.29 is 8.42 Å². The van der Waals surface area contributed by atoms with Crippen LogP contribution in [0.4, 0.5) is 17.1 Å². The van der Waals surface area contributed by atoms with E-state index in [1.165, 1.54) is 12.1 Å². The lowest BCUT2D eigenvalue weighted by molar-refractivity contribution is 0.601. The number of thiocarbonyl (C=S) groups is 1. The fourth-order valence-electron chi connectivity index (χ4n) is 2.47. The van der Waals surface area contributed by atoms with Crippen molar-refractivity contribution in [2.24, 2.45) is 0 Å². The maximum atomic E-state index is 12.5. The number of rotatable bonds is 5. The third kappa shape index (κ3) is 5.45. The molecule has 0 aromatic heterocycles. The Hall–Kier alpha value is -2.61. The average molecular weight is 432 g/mol. The summed E-state index contributed by atoms with van der Waals surface area (Å²) < 4.78 is 27.5. The summed E-state index contributed by atoms with van der Waals surface area (Å²) in [5, 5.41) is 7.08. The Morgan fingerprint density at radius 1 is 0.857 bits per heavy atom. The first-order valence-electron chi connectivity index (χ1n) is 8.35. The van der Waals surface area contributed by atoms with Crippen LogP contribution in [0.1, 0.15) is 5.56 Å². The minimum atomic E-state index is -3.69. The van der Waals surface area contributed by atoms with Crippen LogP contribution in [0.5, 0.6) is 0 Å². The molecule has 0 aliphatic carbocycles. The van der Waals surface area contributed by atoms with E-state index in [9.17, 15) is 8.42 Å². The van der Waals surface area contributed by atoms with E-state index >= 15 is 0 Å². The number of benzene rings is 3. The Kier molecular flexibility index (Phi) is 6.18. The van der Waals surface area contributed by atoms with Gasteiger partial charge in [0.05, 0.1) is 4.90 Å². The van der Waals surface area contributed by atoms with Crippen molar-refractivity contribution in [2.45, 2.75) is 11.8 Å². The van der Waals surface area contributed by atoms with E-state index in [1.807, 2.05) is 31.2 Å². The molecular formula is C20H18ClN3O2S2. The van der Waals surface area contributed by atoms with Gasteiger partial charge in [-0.15, -0.1) is 0 Å². The minimum absolute atomic E-state index is 0.144. The van der Waals surface area contributed by atoms with Crippen LogP contribution in [0, 0.1) is 6.92 Å². The van der Waals surface area contributed by atoms with Crippen LogP contribution in [0.25, 0.3) is 0 Å². The zero-order chi connectivity index (χ0) is 20.1. The molecule has 144 valence electrons. The summed E-state index contributed by atoms with van der Waals surface area (Å²) in [7, 11) is -3.69. The molecule has 8 heteroatoms. The van der Waals surface area contributed by atoms with Gasteiger partial charge in [0, 0.05) is 22.1 Å². The summed E-state index contributed by atoms with van der Waals surface area (Å²) >= 11 is 11.1. The Morgan fingerprint density at radius 3 is 2.11 bits per heavy atom. The molecule has 3 N–H and O–H groups in total. The molecule has 0 saturated carbocycles. The summed E-state index contributed by atoms with van der Waals surface area (Å²) in [5.41, 5.74) is 3.12. The van der Waals surface area contributed by atoms with Crippen molar-refractivity contribution in [1.29, 1.82) is 0 Å². The highest BCUT2D eigenvalue weighted by Gasteiger charge is 2.14.